The summed E-state index contributed by atoms with van der Waals surface area (Å²) < 4.78 is 4.16. The quantitative estimate of drug-likeness (QED) is 0.859. The molecular weight excluding hydrogens is 224 g/mol. The van der Waals surface area contributed by atoms with E-state index in [4.69, 9.17) is 4.74 Å². The largest absolute Gasteiger partial charge is 0.497 e. The molecule has 0 saturated carbocycles. The normalized spacial score (nSPS) is 14.2. The van der Waals surface area contributed by atoms with Crippen molar-refractivity contribution in [1.82, 2.24) is 0 Å². The lowest BCUT2D eigenvalue weighted by molar-refractivity contribution is -0.139. The summed E-state index contributed by atoms with van der Waals surface area (Å²) in [6.45, 7) is 3.68. The second-order valence-electron chi connectivity index (χ2n) is 3.50. The average Bonchev–Trinajstić information content (AvgIpc) is 2.29. The molecule has 0 aliphatic carbocycles. The highest BCUT2D eigenvalue weighted by Gasteiger charge is 2.35. The first-order valence-electron chi connectivity index (χ1n) is 5.06. The van der Waals surface area contributed by atoms with Crippen LogP contribution in [0.25, 0.3) is 0 Å². The molecule has 1 atom stereocenters. The smallest absolute Gasteiger partial charge is 0.324 e. The van der Waals surface area contributed by atoms with Crippen LogP contribution in [0.5, 0.6) is 5.75 Å². The predicted octanol–water partition coefficient (Wildman–Crippen LogP) is 2.75. The van der Waals surface area contributed by atoms with Gasteiger partial charge in [-0.15, -0.1) is 11.8 Å². The first kappa shape index (κ1) is 12.9. The molecule has 0 aliphatic rings. The summed E-state index contributed by atoms with van der Waals surface area (Å²) >= 11 is 1.41. The molecule has 1 aromatic rings. The lowest BCUT2D eigenvalue weighted by Crippen LogP contribution is -2.28. The van der Waals surface area contributed by atoms with Crippen LogP contribution in [0.4, 0.5) is 0 Å². The van der Waals surface area contributed by atoms with Crippen molar-refractivity contribution >= 4 is 17.7 Å². The molecule has 4 heteroatoms. The summed E-state index contributed by atoms with van der Waals surface area (Å²) in [4.78, 5) is 11.3. The molecule has 0 bridgehead atoms. The van der Waals surface area contributed by atoms with E-state index < -0.39 is 10.7 Å². The third kappa shape index (κ3) is 2.50. The topological polar surface area (TPSA) is 46.5 Å². The van der Waals surface area contributed by atoms with Crippen molar-refractivity contribution in [3.63, 3.8) is 0 Å². The fraction of sp³-hybridized carbons (Fsp3) is 0.417. The minimum atomic E-state index is -0.888. The Morgan fingerprint density at radius 2 is 2.00 bits per heavy atom. The first-order chi connectivity index (χ1) is 7.54. The number of benzene rings is 1. The molecule has 0 aliphatic heterocycles. The van der Waals surface area contributed by atoms with Crippen LogP contribution in [0.2, 0.25) is 0 Å². The Balaban J connectivity index is 3.06. The number of thioether (sulfide) groups is 1. The van der Waals surface area contributed by atoms with Crippen LogP contribution >= 0.6 is 11.8 Å². The van der Waals surface area contributed by atoms with Gasteiger partial charge in [-0.1, -0.05) is 19.1 Å². The van der Waals surface area contributed by atoms with Gasteiger partial charge in [0, 0.05) is 0 Å². The number of hydrogen-bond acceptors (Lipinski definition) is 3. The molecule has 0 radical (unpaired) electrons. The fourth-order valence-corrected chi connectivity index (χ4v) is 2.47. The average molecular weight is 240 g/mol. The second-order valence-corrected chi connectivity index (χ2v) is 5.18. The number of rotatable bonds is 5. The zero-order chi connectivity index (χ0) is 12.2. The number of hydrogen-bond donors (Lipinski definition) is 1. The highest BCUT2D eigenvalue weighted by atomic mass is 32.2. The molecule has 1 unspecified atom stereocenters. The summed E-state index contributed by atoms with van der Waals surface area (Å²) in [5.41, 5.74) is 0.785. The van der Waals surface area contributed by atoms with Crippen LogP contribution in [-0.4, -0.2) is 23.9 Å². The summed E-state index contributed by atoms with van der Waals surface area (Å²) in [7, 11) is 1.59. The van der Waals surface area contributed by atoms with E-state index in [0.717, 1.165) is 17.1 Å². The van der Waals surface area contributed by atoms with Gasteiger partial charge in [-0.05, 0) is 30.4 Å². The van der Waals surface area contributed by atoms with Crippen LogP contribution in [0.3, 0.4) is 0 Å². The van der Waals surface area contributed by atoms with E-state index in [1.54, 1.807) is 38.3 Å². The molecule has 1 aromatic carbocycles. The molecule has 1 rings (SSSR count). The van der Waals surface area contributed by atoms with Crippen molar-refractivity contribution in [3.05, 3.63) is 29.8 Å². The Hall–Kier alpha value is -1.16. The Bertz CT molecular complexity index is 361. The zero-order valence-electron chi connectivity index (χ0n) is 9.69. The van der Waals surface area contributed by atoms with E-state index in [1.165, 1.54) is 11.8 Å². The predicted molar refractivity (Wildman–Crippen MR) is 66.1 cm³/mol. The summed E-state index contributed by atoms with van der Waals surface area (Å²) in [6, 6.07) is 7.17. The number of methoxy groups -OCH3 is 1. The summed E-state index contributed by atoms with van der Waals surface area (Å²) in [5.74, 6) is 0.678. The Labute approximate surface area is 99.8 Å². The van der Waals surface area contributed by atoms with Gasteiger partial charge < -0.3 is 9.84 Å². The molecular formula is C12H16O3S. The van der Waals surface area contributed by atoms with Gasteiger partial charge in [-0.3, -0.25) is 4.79 Å². The van der Waals surface area contributed by atoms with E-state index >= 15 is 0 Å². The molecule has 0 aromatic heterocycles. The van der Waals surface area contributed by atoms with Crippen LogP contribution in [-0.2, 0) is 9.54 Å². The molecule has 0 amide bonds. The van der Waals surface area contributed by atoms with Crippen LogP contribution in [0, 0.1) is 0 Å². The van der Waals surface area contributed by atoms with E-state index in [0.29, 0.717) is 0 Å². The lowest BCUT2D eigenvalue weighted by atomic mass is 10.0. The van der Waals surface area contributed by atoms with Crippen LogP contribution in [0.1, 0.15) is 19.4 Å². The van der Waals surface area contributed by atoms with E-state index in [-0.39, 0.29) is 0 Å². The van der Waals surface area contributed by atoms with Gasteiger partial charge in [0.1, 0.15) is 10.5 Å². The minimum Gasteiger partial charge on any atom is -0.497 e. The zero-order valence-corrected chi connectivity index (χ0v) is 10.5. The van der Waals surface area contributed by atoms with E-state index in [2.05, 4.69) is 0 Å². The number of carboxylic acid groups (broad SMARTS) is 1. The van der Waals surface area contributed by atoms with Crippen molar-refractivity contribution in [1.29, 1.82) is 0 Å². The summed E-state index contributed by atoms with van der Waals surface area (Å²) in [6.07, 6.45) is 0. The number of aliphatic carboxylic acids is 1. The Morgan fingerprint density at radius 3 is 2.38 bits per heavy atom. The molecule has 3 nitrogen and oxygen atoms in total. The van der Waals surface area contributed by atoms with Gasteiger partial charge in [-0.25, -0.2) is 0 Å². The first-order valence-corrected chi connectivity index (χ1v) is 6.05. The maximum Gasteiger partial charge on any atom is 0.324 e. The fourth-order valence-electron chi connectivity index (χ4n) is 1.47. The van der Waals surface area contributed by atoms with Crippen molar-refractivity contribution in [2.24, 2.45) is 0 Å². The molecule has 1 N–H and O–H groups in total. The molecule has 0 heterocycles. The third-order valence-corrected chi connectivity index (χ3v) is 3.76. The highest BCUT2D eigenvalue weighted by molar-refractivity contribution is 8.00. The standard InChI is InChI=1S/C12H16O3S/c1-4-16-12(2,11(13)14)9-5-7-10(15-3)8-6-9/h5-8H,4H2,1-3H3,(H,13,14). The van der Waals surface area contributed by atoms with E-state index in [9.17, 15) is 9.90 Å². The van der Waals surface area contributed by atoms with Gasteiger partial charge in [-0.2, -0.15) is 0 Å². The van der Waals surface area contributed by atoms with Gasteiger partial charge >= 0.3 is 5.97 Å². The lowest BCUT2D eigenvalue weighted by Gasteiger charge is -2.24. The number of ether oxygens (including phenoxy) is 1. The minimum absolute atomic E-state index is 0.734. The number of carboxylic acids is 1. The molecule has 0 spiro atoms. The van der Waals surface area contributed by atoms with Crippen LogP contribution < -0.4 is 4.74 Å². The molecule has 16 heavy (non-hydrogen) atoms. The van der Waals surface area contributed by atoms with Crippen molar-refractivity contribution in [2.75, 3.05) is 12.9 Å². The van der Waals surface area contributed by atoms with Gasteiger partial charge in [0.05, 0.1) is 7.11 Å². The van der Waals surface area contributed by atoms with Crippen molar-refractivity contribution in [2.45, 2.75) is 18.6 Å². The monoisotopic (exact) mass is 240 g/mol. The Kier molecular flexibility index (Phi) is 4.24. The van der Waals surface area contributed by atoms with Gasteiger partial charge in [0.15, 0.2) is 0 Å². The number of carbonyl (C=O) groups is 1. The maximum absolute atomic E-state index is 11.3. The van der Waals surface area contributed by atoms with E-state index in [1.807, 2.05) is 6.92 Å². The van der Waals surface area contributed by atoms with Gasteiger partial charge in [0.25, 0.3) is 0 Å². The molecule has 0 fully saturated rings. The summed E-state index contributed by atoms with van der Waals surface area (Å²) in [5, 5.41) is 9.29. The van der Waals surface area contributed by atoms with Crippen molar-refractivity contribution in [3.8, 4) is 5.75 Å². The van der Waals surface area contributed by atoms with Gasteiger partial charge in [0.2, 0.25) is 0 Å². The second kappa shape index (κ2) is 5.25. The molecule has 88 valence electrons. The van der Waals surface area contributed by atoms with Crippen LogP contribution in [0.15, 0.2) is 24.3 Å². The maximum atomic E-state index is 11.3. The van der Waals surface area contributed by atoms with Crippen molar-refractivity contribution < 1.29 is 14.6 Å². The third-order valence-electron chi connectivity index (χ3n) is 2.48. The Morgan fingerprint density at radius 1 is 1.44 bits per heavy atom. The highest BCUT2D eigenvalue weighted by Crippen LogP contribution is 2.36. The SMILES string of the molecule is CCSC(C)(C(=O)O)c1ccc(OC)cc1. The molecule has 0 saturated heterocycles.